The SMILES string of the molecule is Cc1cc2cc(C3CCCNCC3)c(N(C)C)nc2cc1CO. The number of aliphatic hydroxyl groups is 1. The first-order valence-corrected chi connectivity index (χ1v) is 8.53. The van der Waals surface area contributed by atoms with Crippen LogP contribution < -0.4 is 10.2 Å². The lowest BCUT2D eigenvalue weighted by Crippen LogP contribution is -2.17. The third-order valence-corrected chi connectivity index (χ3v) is 4.89. The van der Waals surface area contributed by atoms with Crippen molar-refractivity contribution in [2.24, 2.45) is 0 Å². The van der Waals surface area contributed by atoms with E-state index in [1.807, 2.05) is 6.07 Å². The minimum absolute atomic E-state index is 0.0663. The van der Waals surface area contributed by atoms with Gasteiger partial charge in [-0.05, 0) is 80.1 Å². The second-order valence-electron chi connectivity index (χ2n) is 6.80. The van der Waals surface area contributed by atoms with Crippen LogP contribution in [0.3, 0.4) is 0 Å². The van der Waals surface area contributed by atoms with Crippen LogP contribution in [0, 0.1) is 6.92 Å². The van der Waals surface area contributed by atoms with Crippen molar-refractivity contribution >= 4 is 16.7 Å². The monoisotopic (exact) mass is 313 g/mol. The second kappa shape index (κ2) is 6.85. The van der Waals surface area contributed by atoms with Gasteiger partial charge in [0.2, 0.25) is 0 Å². The summed E-state index contributed by atoms with van der Waals surface area (Å²) >= 11 is 0. The molecule has 2 N–H and O–H groups in total. The van der Waals surface area contributed by atoms with Gasteiger partial charge in [-0.15, -0.1) is 0 Å². The van der Waals surface area contributed by atoms with Crippen LogP contribution in [0.1, 0.15) is 41.9 Å². The molecule has 0 saturated carbocycles. The van der Waals surface area contributed by atoms with Gasteiger partial charge < -0.3 is 15.3 Å². The van der Waals surface area contributed by atoms with Crippen LogP contribution in [0.2, 0.25) is 0 Å². The lowest BCUT2D eigenvalue weighted by Gasteiger charge is -2.23. The molecule has 4 nitrogen and oxygen atoms in total. The van der Waals surface area contributed by atoms with Gasteiger partial charge in [-0.25, -0.2) is 4.98 Å². The first kappa shape index (κ1) is 16.2. The number of nitrogens with zero attached hydrogens (tertiary/aromatic N) is 2. The highest BCUT2D eigenvalue weighted by Crippen LogP contribution is 2.34. The van der Waals surface area contributed by atoms with Crippen molar-refractivity contribution in [2.75, 3.05) is 32.1 Å². The highest BCUT2D eigenvalue weighted by atomic mass is 16.3. The molecule has 2 heterocycles. The summed E-state index contributed by atoms with van der Waals surface area (Å²) in [5.74, 6) is 1.63. The summed E-state index contributed by atoms with van der Waals surface area (Å²) in [6, 6.07) is 6.50. The Balaban J connectivity index is 2.13. The largest absolute Gasteiger partial charge is 0.392 e. The van der Waals surface area contributed by atoms with Crippen molar-refractivity contribution in [1.82, 2.24) is 10.3 Å². The normalized spacial score (nSPS) is 18.9. The van der Waals surface area contributed by atoms with Gasteiger partial charge in [-0.1, -0.05) is 0 Å². The molecule has 23 heavy (non-hydrogen) atoms. The molecule has 0 spiro atoms. The average Bonchev–Trinajstić information content (AvgIpc) is 2.82. The van der Waals surface area contributed by atoms with E-state index in [-0.39, 0.29) is 6.61 Å². The van der Waals surface area contributed by atoms with Crippen LogP contribution in [0.5, 0.6) is 0 Å². The summed E-state index contributed by atoms with van der Waals surface area (Å²) in [6.07, 6.45) is 3.61. The molecule has 1 saturated heterocycles. The Hall–Kier alpha value is -1.65. The number of aliphatic hydroxyl groups excluding tert-OH is 1. The molecule has 1 fully saturated rings. The van der Waals surface area contributed by atoms with Gasteiger partial charge in [0.25, 0.3) is 0 Å². The van der Waals surface area contributed by atoms with Crippen LogP contribution in [0.15, 0.2) is 18.2 Å². The topological polar surface area (TPSA) is 48.4 Å². The summed E-state index contributed by atoms with van der Waals surface area (Å²) in [4.78, 5) is 7.04. The molecule has 124 valence electrons. The van der Waals surface area contributed by atoms with E-state index in [9.17, 15) is 5.11 Å². The molecule has 1 aromatic heterocycles. The molecule has 1 atom stereocenters. The number of nitrogens with one attached hydrogen (secondary N) is 1. The van der Waals surface area contributed by atoms with Crippen LogP contribution in [0.4, 0.5) is 5.82 Å². The Morgan fingerprint density at radius 3 is 2.78 bits per heavy atom. The Labute approximate surface area is 138 Å². The smallest absolute Gasteiger partial charge is 0.132 e. The van der Waals surface area contributed by atoms with Gasteiger partial charge >= 0.3 is 0 Å². The zero-order valence-corrected chi connectivity index (χ0v) is 14.4. The van der Waals surface area contributed by atoms with E-state index in [1.165, 1.54) is 30.2 Å². The fraction of sp³-hybridized carbons (Fsp3) is 0.526. The minimum atomic E-state index is 0.0663. The number of fused-ring (bicyclic) bond motifs is 1. The molecule has 0 amide bonds. The Morgan fingerprint density at radius 2 is 2.04 bits per heavy atom. The number of aryl methyl sites for hydroxylation is 1. The number of hydrogen-bond donors (Lipinski definition) is 2. The summed E-state index contributed by atoms with van der Waals surface area (Å²) in [5.41, 5.74) is 4.43. The summed E-state index contributed by atoms with van der Waals surface area (Å²) < 4.78 is 0. The van der Waals surface area contributed by atoms with Gasteiger partial charge in [0.05, 0.1) is 12.1 Å². The van der Waals surface area contributed by atoms with Crippen molar-refractivity contribution in [1.29, 1.82) is 0 Å². The van der Waals surface area contributed by atoms with Crippen LogP contribution in [-0.2, 0) is 6.61 Å². The minimum Gasteiger partial charge on any atom is -0.392 e. The number of anilines is 1. The molecule has 0 aliphatic carbocycles. The molecule has 0 radical (unpaired) electrons. The summed E-state index contributed by atoms with van der Waals surface area (Å²) in [5, 5.41) is 14.2. The van der Waals surface area contributed by atoms with Crippen molar-refractivity contribution in [2.45, 2.75) is 38.7 Å². The molecular formula is C19H27N3O. The maximum atomic E-state index is 9.50. The van der Waals surface area contributed by atoms with E-state index in [1.54, 1.807) is 0 Å². The molecule has 3 rings (SSSR count). The molecule has 0 bridgehead atoms. The Morgan fingerprint density at radius 1 is 1.22 bits per heavy atom. The van der Waals surface area contributed by atoms with E-state index in [0.717, 1.165) is 35.6 Å². The zero-order valence-electron chi connectivity index (χ0n) is 14.4. The lowest BCUT2D eigenvalue weighted by atomic mass is 9.90. The van der Waals surface area contributed by atoms with E-state index in [2.05, 4.69) is 43.4 Å². The van der Waals surface area contributed by atoms with Crippen molar-refractivity contribution < 1.29 is 5.11 Å². The fourth-order valence-electron chi connectivity index (χ4n) is 3.54. The molecule has 1 aromatic carbocycles. The van der Waals surface area contributed by atoms with E-state index in [0.29, 0.717) is 5.92 Å². The van der Waals surface area contributed by atoms with Gasteiger partial charge in [-0.3, -0.25) is 0 Å². The summed E-state index contributed by atoms with van der Waals surface area (Å²) in [6.45, 7) is 4.32. The maximum absolute atomic E-state index is 9.50. The van der Waals surface area contributed by atoms with Gasteiger partial charge in [-0.2, -0.15) is 0 Å². The van der Waals surface area contributed by atoms with Crippen LogP contribution >= 0.6 is 0 Å². The lowest BCUT2D eigenvalue weighted by molar-refractivity contribution is 0.281. The summed E-state index contributed by atoms with van der Waals surface area (Å²) in [7, 11) is 4.13. The predicted molar refractivity (Wildman–Crippen MR) is 96.2 cm³/mol. The molecule has 2 aromatic rings. The zero-order chi connectivity index (χ0) is 16.4. The molecule has 4 heteroatoms. The van der Waals surface area contributed by atoms with E-state index < -0.39 is 0 Å². The highest BCUT2D eigenvalue weighted by molar-refractivity contribution is 5.83. The third kappa shape index (κ3) is 3.33. The number of rotatable bonds is 3. The van der Waals surface area contributed by atoms with E-state index >= 15 is 0 Å². The molecular weight excluding hydrogens is 286 g/mol. The van der Waals surface area contributed by atoms with Gasteiger partial charge in [0, 0.05) is 19.5 Å². The number of hydrogen-bond acceptors (Lipinski definition) is 4. The first-order chi connectivity index (χ1) is 11.1. The Bertz CT molecular complexity index is 689. The van der Waals surface area contributed by atoms with Crippen molar-refractivity contribution in [3.05, 3.63) is 34.9 Å². The van der Waals surface area contributed by atoms with Gasteiger partial charge in [0.1, 0.15) is 5.82 Å². The predicted octanol–water partition coefficient (Wildman–Crippen LogP) is 2.96. The van der Waals surface area contributed by atoms with Crippen molar-refractivity contribution in [3.8, 4) is 0 Å². The van der Waals surface area contributed by atoms with Gasteiger partial charge in [0.15, 0.2) is 0 Å². The quantitative estimate of drug-likeness (QED) is 0.914. The number of pyridine rings is 1. The molecule has 1 unspecified atom stereocenters. The third-order valence-electron chi connectivity index (χ3n) is 4.89. The second-order valence-corrected chi connectivity index (χ2v) is 6.80. The average molecular weight is 313 g/mol. The van der Waals surface area contributed by atoms with Crippen LogP contribution in [-0.4, -0.2) is 37.3 Å². The first-order valence-electron chi connectivity index (χ1n) is 8.53. The standard InChI is InChI=1S/C19H27N3O/c1-13-9-15-10-17(14-5-4-7-20-8-6-14)19(22(2)3)21-18(15)11-16(13)12-23/h9-11,14,20,23H,4-8,12H2,1-3H3. The Kier molecular flexibility index (Phi) is 4.83. The number of aromatic nitrogens is 1. The van der Waals surface area contributed by atoms with E-state index in [4.69, 9.17) is 4.98 Å². The molecule has 1 aliphatic heterocycles. The highest BCUT2D eigenvalue weighted by Gasteiger charge is 2.20. The fourth-order valence-corrected chi connectivity index (χ4v) is 3.54. The maximum Gasteiger partial charge on any atom is 0.132 e. The van der Waals surface area contributed by atoms with Crippen molar-refractivity contribution in [3.63, 3.8) is 0 Å². The molecule has 1 aliphatic rings. The van der Waals surface area contributed by atoms with Crippen LogP contribution in [0.25, 0.3) is 10.9 Å². The number of benzene rings is 1.